The van der Waals surface area contributed by atoms with E-state index < -0.39 is 6.04 Å². The van der Waals surface area contributed by atoms with Crippen LogP contribution in [-0.2, 0) is 9.59 Å². The number of piperidine rings is 1. The zero-order valence-electron chi connectivity index (χ0n) is 21.8. The van der Waals surface area contributed by atoms with Crippen molar-refractivity contribution in [1.29, 1.82) is 0 Å². The standard InChI is InChI=1S/C29H37N5O2/c1-17(2)27-23-15-21(5-6-25(23)32-28(27)22-13-18(3)31-19(4)14-22)20-7-10-33(11-8-20)26(35)16-34-12-9-24(30)29(34)36/h5-6,13-15,17,20,24,32H,7-12,16,30H2,1-4H3. The molecule has 0 aliphatic carbocycles. The van der Waals surface area contributed by atoms with Crippen LogP contribution < -0.4 is 5.73 Å². The number of nitrogens with zero attached hydrogens (tertiary/aromatic N) is 3. The number of H-pyrrole nitrogens is 1. The van der Waals surface area contributed by atoms with Crippen LogP contribution in [0, 0.1) is 13.8 Å². The first-order chi connectivity index (χ1) is 17.2. The number of fused-ring (bicyclic) bond motifs is 1. The number of nitrogens with two attached hydrogens (primary N) is 1. The van der Waals surface area contributed by atoms with Crippen LogP contribution in [0.15, 0.2) is 30.3 Å². The summed E-state index contributed by atoms with van der Waals surface area (Å²) < 4.78 is 0. The van der Waals surface area contributed by atoms with E-state index in [1.807, 2.05) is 18.7 Å². The Bertz CT molecular complexity index is 1280. The van der Waals surface area contributed by atoms with Crippen LogP contribution in [0.1, 0.15) is 67.5 Å². The van der Waals surface area contributed by atoms with Gasteiger partial charge in [-0.1, -0.05) is 19.9 Å². The van der Waals surface area contributed by atoms with Crippen molar-refractivity contribution in [2.24, 2.45) is 5.73 Å². The Balaban J connectivity index is 1.34. The molecule has 3 aromatic rings. The molecule has 7 nitrogen and oxygen atoms in total. The summed E-state index contributed by atoms with van der Waals surface area (Å²) in [5, 5.41) is 1.28. The number of aryl methyl sites for hydroxylation is 2. The summed E-state index contributed by atoms with van der Waals surface area (Å²) in [6, 6.07) is 10.7. The summed E-state index contributed by atoms with van der Waals surface area (Å²) >= 11 is 0. The van der Waals surface area contributed by atoms with Crippen molar-refractivity contribution in [1.82, 2.24) is 19.8 Å². The first kappa shape index (κ1) is 24.5. The van der Waals surface area contributed by atoms with E-state index in [9.17, 15) is 9.59 Å². The molecule has 0 spiro atoms. The summed E-state index contributed by atoms with van der Waals surface area (Å²) in [5.74, 6) is 0.727. The van der Waals surface area contributed by atoms with Crippen LogP contribution in [0.4, 0.5) is 0 Å². The maximum Gasteiger partial charge on any atom is 0.242 e. The van der Waals surface area contributed by atoms with Crippen molar-refractivity contribution in [2.45, 2.75) is 64.8 Å². The lowest BCUT2D eigenvalue weighted by molar-refractivity contribution is -0.139. The summed E-state index contributed by atoms with van der Waals surface area (Å²) in [6.45, 7) is 10.8. The minimum Gasteiger partial charge on any atom is -0.354 e. The van der Waals surface area contributed by atoms with Crippen molar-refractivity contribution in [2.75, 3.05) is 26.2 Å². The molecule has 2 aromatic heterocycles. The van der Waals surface area contributed by atoms with Gasteiger partial charge in [-0.3, -0.25) is 14.6 Å². The van der Waals surface area contributed by atoms with Gasteiger partial charge < -0.3 is 20.5 Å². The third-order valence-corrected chi connectivity index (χ3v) is 7.79. The molecule has 2 saturated heterocycles. The largest absolute Gasteiger partial charge is 0.354 e. The fourth-order valence-corrected chi connectivity index (χ4v) is 5.94. The third kappa shape index (κ3) is 4.64. The Morgan fingerprint density at radius 3 is 2.39 bits per heavy atom. The molecule has 36 heavy (non-hydrogen) atoms. The number of nitrogens with one attached hydrogen (secondary N) is 1. The molecule has 7 heteroatoms. The van der Waals surface area contributed by atoms with E-state index >= 15 is 0 Å². The average Bonchev–Trinajstić information content (AvgIpc) is 3.38. The molecule has 2 aliphatic heterocycles. The Labute approximate surface area is 213 Å². The quantitative estimate of drug-likeness (QED) is 0.563. The Kier molecular flexibility index (Phi) is 6.60. The van der Waals surface area contributed by atoms with Gasteiger partial charge in [-0.25, -0.2) is 0 Å². The molecule has 0 radical (unpaired) electrons. The van der Waals surface area contributed by atoms with Crippen molar-refractivity contribution in [3.05, 3.63) is 52.8 Å². The van der Waals surface area contributed by atoms with E-state index in [-0.39, 0.29) is 18.4 Å². The highest BCUT2D eigenvalue weighted by molar-refractivity contribution is 5.92. The molecule has 2 aliphatic rings. The Hall–Kier alpha value is -3.19. The van der Waals surface area contributed by atoms with Crippen molar-refractivity contribution < 1.29 is 9.59 Å². The van der Waals surface area contributed by atoms with E-state index in [0.717, 1.165) is 42.8 Å². The molecule has 0 bridgehead atoms. The number of pyridine rings is 1. The highest BCUT2D eigenvalue weighted by atomic mass is 16.2. The van der Waals surface area contributed by atoms with E-state index in [0.29, 0.717) is 24.8 Å². The highest BCUT2D eigenvalue weighted by Gasteiger charge is 2.32. The van der Waals surface area contributed by atoms with E-state index in [4.69, 9.17) is 5.73 Å². The monoisotopic (exact) mass is 487 g/mol. The van der Waals surface area contributed by atoms with Gasteiger partial charge in [0.2, 0.25) is 11.8 Å². The molecule has 2 amide bonds. The summed E-state index contributed by atoms with van der Waals surface area (Å²) in [6.07, 6.45) is 2.50. The number of hydrogen-bond donors (Lipinski definition) is 2. The maximum atomic E-state index is 12.8. The molecule has 1 aromatic carbocycles. The molecular weight excluding hydrogens is 450 g/mol. The summed E-state index contributed by atoms with van der Waals surface area (Å²) in [4.78, 5) is 36.7. The van der Waals surface area contributed by atoms with Crippen LogP contribution in [0.3, 0.4) is 0 Å². The van der Waals surface area contributed by atoms with E-state index in [1.54, 1.807) is 4.90 Å². The van der Waals surface area contributed by atoms with Gasteiger partial charge >= 0.3 is 0 Å². The SMILES string of the molecule is Cc1cc(-c2[nH]c3ccc(C4CCN(C(=O)CN5CCC(N)C5=O)CC4)cc3c2C(C)C)cc(C)n1. The predicted octanol–water partition coefficient (Wildman–Crippen LogP) is 4.24. The molecule has 5 rings (SSSR count). The van der Waals surface area contributed by atoms with Crippen LogP contribution in [0.2, 0.25) is 0 Å². The predicted molar refractivity (Wildman–Crippen MR) is 143 cm³/mol. The van der Waals surface area contributed by atoms with Gasteiger partial charge in [-0.05, 0) is 80.3 Å². The first-order valence-electron chi connectivity index (χ1n) is 13.1. The molecule has 190 valence electrons. The van der Waals surface area contributed by atoms with Gasteiger partial charge in [-0.2, -0.15) is 0 Å². The van der Waals surface area contributed by atoms with Crippen LogP contribution in [-0.4, -0.2) is 63.8 Å². The number of rotatable bonds is 5. The van der Waals surface area contributed by atoms with Crippen molar-refractivity contribution >= 4 is 22.7 Å². The second-order valence-corrected chi connectivity index (χ2v) is 10.8. The Morgan fingerprint density at radius 2 is 1.78 bits per heavy atom. The second-order valence-electron chi connectivity index (χ2n) is 10.8. The Morgan fingerprint density at radius 1 is 1.08 bits per heavy atom. The topological polar surface area (TPSA) is 95.3 Å². The molecule has 4 heterocycles. The van der Waals surface area contributed by atoms with Crippen molar-refractivity contribution in [3.63, 3.8) is 0 Å². The first-order valence-corrected chi connectivity index (χ1v) is 13.1. The number of carbonyl (C=O) groups excluding carboxylic acids is 2. The number of aromatic amines is 1. The molecule has 1 atom stereocenters. The zero-order valence-corrected chi connectivity index (χ0v) is 21.8. The number of aromatic nitrogens is 2. The normalized spacial score (nSPS) is 19.2. The smallest absolute Gasteiger partial charge is 0.242 e. The average molecular weight is 488 g/mol. The maximum absolute atomic E-state index is 12.8. The van der Waals surface area contributed by atoms with Gasteiger partial charge in [-0.15, -0.1) is 0 Å². The molecular formula is C29H37N5O2. The fourth-order valence-electron chi connectivity index (χ4n) is 5.94. The number of likely N-dealkylation sites (tertiary alicyclic amines) is 2. The van der Waals surface area contributed by atoms with Crippen LogP contribution >= 0.6 is 0 Å². The highest BCUT2D eigenvalue weighted by Crippen LogP contribution is 2.38. The van der Waals surface area contributed by atoms with Crippen molar-refractivity contribution in [3.8, 4) is 11.3 Å². The van der Waals surface area contributed by atoms with Gasteiger partial charge in [0.05, 0.1) is 18.3 Å². The van der Waals surface area contributed by atoms with Gasteiger partial charge in [0.15, 0.2) is 0 Å². The fraction of sp³-hybridized carbons (Fsp3) is 0.483. The van der Waals surface area contributed by atoms with Crippen LogP contribution in [0.25, 0.3) is 22.2 Å². The zero-order chi connectivity index (χ0) is 25.6. The van der Waals surface area contributed by atoms with Gasteiger partial charge in [0, 0.05) is 47.5 Å². The van der Waals surface area contributed by atoms with E-state index in [1.165, 1.54) is 27.8 Å². The number of amides is 2. The molecule has 3 N–H and O–H groups in total. The minimum atomic E-state index is -0.449. The summed E-state index contributed by atoms with van der Waals surface area (Å²) in [7, 11) is 0. The lowest BCUT2D eigenvalue weighted by Crippen LogP contribution is -2.45. The number of benzene rings is 1. The molecule has 2 fully saturated rings. The molecule has 1 unspecified atom stereocenters. The van der Waals surface area contributed by atoms with Gasteiger partial charge in [0.1, 0.15) is 0 Å². The lowest BCUT2D eigenvalue weighted by Gasteiger charge is -2.33. The lowest BCUT2D eigenvalue weighted by atomic mass is 9.87. The van der Waals surface area contributed by atoms with Gasteiger partial charge in [0.25, 0.3) is 0 Å². The number of carbonyl (C=O) groups is 2. The molecule has 0 saturated carbocycles. The number of hydrogen-bond acceptors (Lipinski definition) is 4. The minimum absolute atomic E-state index is 0.0339. The third-order valence-electron chi connectivity index (χ3n) is 7.79. The van der Waals surface area contributed by atoms with E-state index in [2.05, 4.69) is 54.1 Å². The van der Waals surface area contributed by atoms with Crippen LogP contribution in [0.5, 0.6) is 0 Å². The summed E-state index contributed by atoms with van der Waals surface area (Å²) in [5.41, 5.74) is 14.1. The second kappa shape index (κ2) is 9.69.